The van der Waals surface area contributed by atoms with Crippen LogP contribution in [0.2, 0.25) is 0 Å². The maximum atomic E-state index is 9.95. The van der Waals surface area contributed by atoms with E-state index in [4.69, 9.17) is 4.74 Å². The summed E-state index contributed by atoms with van der Waals surface area (Å²) in [5, 5.41) is 13.5. The van der Waals surface area contributed by atoms with Crippen LogP contribution in [0.15, 0.2) is 0 Å². The monoisotopic (exact) mass is 258 g/mol. The summed E-state index contributed by atoms with van der Waals surface area (Å²) < 4.78 is 5.28. The molecule has 0 aromatic rings. The number of nitrogens with zero attached hydrogens (tertiary/aromatic N) is 1. The fourth-order valence-electron chi connectivity index (χ4n) is 2.57. The average Bonchev–Trinajstić information content (AvgIpc) is 2.78. The molecule has 0 saturated carbocycles. The lowest BCUT2D eigenvalue weighted by Gasteiger charge is -2.29. The van der Waals surface area contributed by atoms with Crippen LogP contribution < -0.4 is 5.32 Å². The molecule has 1 aliphatic rings. The number of ether oxygens (including phenoxy) is 1. The maximum absolute atomic E-state index is 9.95. The van der Waals surface area contributed by atoms with E-state index in [2.05, 4.69) is 24.1 Å². The van der Waals surface area contributed by atoms with Gasteiger partial charge < -0.3 is 15.2 Å². The molecule has 2 unspecified atom stereocenters. The van der Waals surface area contributed by atoms with Crippen molar-refractivity contribution >= 4 is 0 Å². The Bertz CT molecular complexity index is 206. The molecule has 1 aliphatic heterocycles. The second-order valence-electron chi connectivity index (χ2n) is 5.72. The zero-order chi connectivity index (χ0) is 13.4. The molecule has 108 valence electrons. The van der Waals surface area contributed by atoms with Gasteiger partial charge in [0.15, 0.2) is 0 Å². The first-order valence-corrected chi connectivity index (χ1v) is 7.33. The molecule has 1 fully saturated rings. The summed E-state index contributed by atoms with van der Waals surface area (Å²) in [5.74, 6) is 0.630. The number of hydrogen-bond acceptors (Lipinski definition) is 4. The third kappa shape index (κ3) is 6.69. The fourth-order valence-corrected chi connectivity index (χ4v) is 2.57. The number of aliphatic hydroxyl groups excluding tert-OH is 1. The summed E-state index contributed by atoms with van der Waals surface area (Å²) in [7, 11) is 0. The van der Waals surface area contributed by atoms with Crippen LogP contribution in [0.3, 0.4) is 0 Å². The van der Waals surface area contributed by atoms with Crippen molar-refractivity contribution in [2.24, 2.45) is 5.92 Å². The Kier molecular flexibility index (Phi) is 7.82. The van der Waals surface area contributed by atoms with E-state index in [1.165, 1.54) is 12.8 Å². The van der Waals surface area contributed by atoms with Crippen LogP contribution in [0.5, 0.6) is 0 Å². The lowest BCUT2D eigenvalue weighted by molar-refractivity contribution is 0.0177. The largest absolute Gasteiger partial charge is 0.389 e. The topological polar surface area (TPSA) is 44.7 Å². The summed E-state index contributed by atoms with van der Waals surface area (Å²) in [6.45, 7) is 11.5. The predicted octanol–water partition coefficient (Wildman–Crippen LogP) is 1.09. The van der Waals surface area contributed by atoms with E-state index < -0.39 is 0 Å². The van der Waals surface area contributed by atoms with Crippen molar-refractivity contribution in [1.29, 1.82) is 0 Å². The van der Waals surface area contributed by atoms with Crippen molar-refractivity contribution in [3.05, 3.63) is 0 Å². The third-order valence-corrected chi connectivity index (χ3v) is 3.25. The van der Waals surface area contributed by atoms with Crippen LogP contribution >= 0.6 is 0 Å². The predicted molar refractivity (Wildman–Crippen MR) is 74.8 cm³/mol. The highest BCUT2D eigenvalue weighted by molar-refractivity contribution is 4.79. The first kappa shape index (κ1) is 15.9. The molecular weight excluding hydrogens is 228 g/mol. The lowest BCUT2D eigenvalue weighted by atomic mass is 10.1. The first-order chi connectivity index (χ1) is 8.61. The zero-order valence-electron chi connectivity index (χ0n) is 12.2. The van der Waals surface area contributed by atoms with E-state index >= 15 is 0 Å². The summed E-state index contributed by atoms with van der Waals surface area (Å²) in [6.07, 6.45) is 2.17. The Morgan fingerprint density at radius 3 is 2.72 bits per heavy atom. The Morgan fingerprint density at radius 1 is 1.39 bits per heavy atom. The Balaban J connectivity index is 2.33. The van der Waals surface area contributed by atoms with Crippen LogP contribution in [0.25, 0.3) is 0 Å². The summed E-state index contributed by atoms with van der Waals surface area (Å²) in [6, 6.07) is 0.600. The molecule has 1 saturated heterocycles. The van der Waals surface area contributed by atoms with Crippen molar-refractivity contribution in [2.75, 3.05) is 39.4 Å². The second-order valence-corrected chi connectivity index (χ2v) is 5.72. The lowest BCUT2D eigenvalue weighted by Crippen LogP contribution is -2.43. The van der Waals surface area contributed by atoms with Gasteiger partial charge in [-0.05, 0) is 32.2 Å². The molecule has 1 rings (SSSR count). The van der Waals surface area contributed by atoms with E-state index in [0.717, 1.165) is 26.2 Å². The molecule has 0 aromatic heterocycles. The van der Waals surface area contributed by atoms with E-state index in [1.807, 2.05) is 6.92 Å². The zero-order valence-corrected chi connectivity index (χ0v) is 12.2. The molecule has 18 heavy (non-hydrogen) atoms. The van der Waals surface area contributed by atoms with Crippen LogP contribution in [0.4, 0.5) is 0 Å². The normalized spacial score (nSPS) is 22.0. The molecule has 0 spiro atoms. The number of hydrogen-bond donors (Lipinski definition) is 2. The molecule has 4 nitrogen and oxygen atoms in total. The van der Waals surface area contributed by atoms with Crippen molar-refractivity contribution in [2.45, 2.75) is 45.8 Å². The Labute approximate surface area is 112 Å². The smallest absolute Gasteiger partial charge is 0.0900 e. The molecule has 0 radical (unpaired) electrons. The van der Waals surface area contributed by atoms with E-state index in [-0.39, 0.29) is 6.10 Å². The van der Waals surface area contributed by atoms with Crippen molar-refractivity contribution in [1.82, 2.24) is 10.2 Å². The molecule has 1 heterocycles. The van der Waals surface area contributed by atoms with Gasteiger partial charge >= 0.3 is 0 Å². The molecule has 0 amide bonds. The SMILES string of the molecule is CCOCC(O)CN(CC(C)C)CC1CCCN1. The summed E-state index contributed by atoms with van der Waals surface area (Å²) >= 11 is 0. The van der Waals surface area contributed by atoms with Crippen molar-refractivity contribution in [3.8, 4) is 0 Å². The second kappa shape index (κ2) is 8.86. The van der Waals surface area contributed by atoms with Crippen LogP contribution in [0, 0.1) is 5.92 Å². The molecule has 4 heteroatoms. The van der Waals surface area contributed by atoms with Gasteiger partial charge in [0.05, 0.1) is 12.7 Å². The minimum absolute atomic E-state index is 0.370. The van der Waals surface area contributed by atoms with Gasteiger partial charge in [-0.2, -0.15) is 0 Å². The maximum Gasteiger partial charge on any atom is 0.0900 e. The number of nitrogens with one attached hydrogen (secondary N) is 1. The number of aliphatic hydroxyl groups is 1. The third-order valence-electron chi connectivity index (χ3n) is 3.25. The molecule has 2 atom stereocenters. The van der Waals surface area contributed by atoms with Gasteiger partial charge in [0, 0.05) is 32.3 Å². The average molecular weight is 258 g/mol. The molecule has 2 N–H and O–H groups in total. The Hall–Kier alpha value is -0.160. The van der Waals surface area contributed by atoms with Crippen molar-refractivity contribution in [3.63, 3.8) is 0 Å². The van der Waals surface area contributed by atoms with E-state index in [1.54, 1.807) is 0 Å². The summed E-state index contributed by atoms with van der Waals surface area (Å²) in [5.41, 5.74) is 0. The van der Waals surface area contributed by atoms with E-state index in [0.29, 0.717) is 25.2 Å². The van der Waals surface area contributed by atoms with Gasteiger partial charge in [0.2, 0.25) is 0 Å². The van der Waals surface area contributed by atoms with Crippen LogP contribution in [-0.2, 0) is 4.74 Å². The molecule has 0 aromatic carbocycles. The molecule has 0 bridgehead atoms. The Morgan fingerprint density at radius 2 is 2.17 bits per heavy atom. The number of rotatable bonds is 9. The van der Waals surface area contributed by atoms with Crippen LogP contribution in [0.1, 0.15) is 33.6 Å². The fraction of sp³-hybridized carbons (Fsp3) is 1.00. The highest BCUT2D eigenvalue weighted by Gasteiger charge is 2.20. The standard InChI is InChI=1S/C14H30N2O2/c1-4-18-11-14(17)10-16(8-12(2)3)9-13-6-5-7-15-13/h12-15,17H,4-11H2,1-3H3. The minimum atomic E-state index is -0.370. The highest BCUT2D eigenvalue weighted by atomic mass is 16.5. The van der Waals surface area contributed by atoms with Crippen molar-refractivity contribution < 1.29 is 9.84 Å². The minimum Gasteiger partial charge on any atom is -0.389 e. The van der Waals surface area contributed by atoms with Gasteiger partial charge in [-0.15, -0.1) is 0 Å². The van der Waals surface area contributed by atoms with Gasteiger partial charge in [-0.1, -0.05) is 13.8 Å². The molecular formula is C14H30N2O2. The quantitative estimate of drug-likeness (QED) is 0.650. The summed E-state index contributed by atoms with van der Waals surface area (Å²) in [4.78, 5) is 2.37. The van der Waals surface area contributed by atoms with Crippen LogP contribution in [-0.4, -0.2) is 61.5 Å². The highest BCUT2D eigenvalue weighted by Crippen LogP contribution is 2.09. The van der Waals surface area contributed by atoms with E-state index in [9.17, 15) is 5.11 Å². The van der Waals surface area contributed by atoms with Gasteiger partial charge in [0.25, 0.3) is 0 Å². The molecule has 0 aliphatic carbocycles. The first-order valence-electron chi connectivity index (χ1n) is 7.33. The van der Waals surface area contributed by atoms with Gasteiger partial charge in [-0.25, -0.2) is 0 Å². The van der Waals surface area contributed by atoms with Gasteiger partial charge in [-0.3, -0.25) is 4.90 Å². The van der Waals surface area contributed by atoms with Gasteiger partial charge in [0.1, 0.15) is 0 Å².